The van der Waals surface area contributed by atoms with Gasteiger partial charge in [-0.05, 0) is 61.4 Å². The van der Waals surface area contributed by atoms with Gasteiger partial charge in [-0.25, -0.2) is 4.98 Å². The molecule has 1 heterocycles. The Morgan fingerprint density at radius 3 is 2.55 bits per heavy atom. The fourth-order valence-corrected chi connectivity index (χ4v) is 3.72. The predicted molar refractivity (Wildman–Crippen MR) is 116 cm³/mol. The largest absolute Gasteiger partial charge is 0.311 e. The summed E-state index contributed by atoms with van der Waals surface area (Å²) in [7, 11) is 0. The number of carbonyl (C=O) groups excluding carboxylic acids is 1. The molecule has 0 aliphatic rings. The van der Waals surface area contributed by atoms with Crippen LogP contribution in [0.15, 0.2) is 47.6 Å². The second-order valence-corrected chi connectivity index (χ2v) is 7.94. The highest BCUT2D eigenvalue weighted by atomic mass is 35.5. The molecule has 1 N–H and O–H groups in total. The van der Waals surface area contributed by atoms with Crippen LogP contribution in [0.1, 0.15) is 17.5 Å². The molecule has 0 aliphatic carbocycles. The number of nitrogens with one attached hydrogen (secondary N) is 1. The number of hydrogen-bond donors (Lipinski definition) is 1. The van der Waals surface area contributed by atoms with E-state index >= 15 is 0 Å². The van der Waals surface area contributed by atoms with E-state index in [4.69, 9.17) is 16.9 Å². The zero-order valence-corrected chi connectivity index (χ0v) is 17.7. The fraction of sp³-hybridized carbons (Fsp3) is 0.238. The van der Waals surface area contributed by atoms with E-state index in [0.29, 0.717) is 22.5 Å². The zero-order chi connectivity index (χ0) is 20.8. The topological polar surface area (TPSA) is 85.7 Å². The molecule has 0 saturated heterocycles. The van der Waals surface area contributed by atoms with Crippen molar-refractivity contribution >= 4 is 35.0 Å². The number of aromatic amines is 1. The maximum Gasteiger partial charge on any atom is 0.237 e. The Kier molecular flexibility index (Phi) is 6.91. The first kappa shape index (κ1) is 20.9. The Bertz CT molecular complexity index is 1020. The number of thioether (sulfide) groups is 1. The van der Waals surface area contributed by atoms with Crippen LogP contribution in [0.4, 0.5) is 5.69 Å². The van der Waals surface area contributed by atoms with E-state index in [1.165, 1.54) is 11.8 Å². The predicted octanol–water partition coefficient (Wildman–Crippen LogP) is 4.78. The number of aromatic nitrogens is 3. The minimum absolute atomic E-state index is 0.0897. The van der Waals surface area contributed by atoms with Crippen molar-refractivity contribution in [2.45, 2.75) is 25.4 Å². The third-order valence-electron chi connectivity index (χ3n) is 4.17. The summed E-state index contributed by atoms with van der Waals surface area (Å²) in [5.74, 6) is 0.705. The van der Waals surface area contributed by atoms with Crippen LogP contribution in [-0.4, -0.2) is 33.4 Å². The summed E-state index contributed by atoms with van der Waals surface area (Å²) in [6.45, 7) is 4.33. The first-order valence-corrected chi connectivity index (χ1v) is 10.4. The molecular weight excluding hydrogens is 406 g/mol. The number of halogens is 1. The molecule has 1 amide bonds. The lowest BCUT2D eigenvalue weighted by Gasteiger charge is -2.22. The molecule has 0 fully saturated rings. The molecule has 29 heavy (non-hydrogen) atoms. The highest BCUT2D eigenvalue weighted by Gasteiger charge is 2.18. The third-order valence-corrected chi connectivity index (χ3v) is 5.26. The Hall–Kier alpha value is -2.82. The van der Waals surface area contributed by atoms with Gasteiger partial charge in [0.05, 0.1) is 18.2 Å². The molecule has 148 valence electrons. The van der Waals surface area contributed by atoms with Gasteiger partial charge >= 0.3 is 0 Å². The smallest absolute Gasteiger partial charge is 0.237 e. The van der Waals surface area contributed by atoms with Crippen LogP contribution in [0.2, 0.25) is 5.02 Å². The molecule has 8 heteroatoms. The number of carbonyl (C=O) groups is 1. The molecule has 0 bridgehead atoms. The van der Waals surface area contributed by atoms with Gasteiger partial charge in [-0.1, -0.05) is 29.4 Å². The highest BCUT2D eigenvalue weighted by Crippen LogP contribution is 2.23. The van der Waals surface area contributed by atoms with Crippen LogP contribution in [0.5, 0.6) is 0 Å². The summed E-state index contributed by atoms with van der Waals surface area (Å²) in [5.41, 5.74) is 3.82. The van der Waals surface area contributed by atoms with Gasteiger partial charge in [-0.2, -0.15) is 5.26 Å². The summed E-state index contributed by atoms with van der Waals surface area (Å²) >= 11 is 7.17. The Morgan fingerprint density at radius 1 is 1.21 bits per heavy atom. The van der Waals surface area contributed by atoms with E-state index in [-0.39, 0.29) is 18.1 Å². The maximum absolute atomic E-state index is 12.9. The lowest BCUT2D eigenvalue weighted by molar-refractivity contribution is -0.116. The molecule has 0 unspecified atom stereocenters. The van der Waals surface area contributed by atoms with Crippen molar-refractivity contribution in [3.63, 3.8) is 0 Å². The van der Waals surface area contributed by atoms with E-state index < -0.39 is 0 Å². The number of anilines is 1. The lowest BCUT2D eigenvalue weighted by Crippen LogP contribution is -2.33. The van der Waals surface area contributed by atoms with Crippen molar-refractivity contribution in [1.29, 1.82) is 5.26 Å². The first-order chi connectivity index (χ1) is 14.0. The molecule has 0 radical (unpaired) electrons. The Labute approximate surface area is 178 Å². The number of aryl methyl sites for hydroxylation is 2. The summed E-state index contributed by atoms with van der Waals surface area (Å²) in [6, 6.07) is 15.4. The Balaban J connectivity index is 1.70. The van der Waals surface area contributed by atoms with E-state index in [9.17, 15) is 4.79 Å². The monoisotopic (exact) mass is 425 g/mol. The highest BCUT2D eigenvalue weighted by molar-refractivity contribution is 7.99. The molecule has 3 rings (SSSR count). The van der Waals surface area contributed by atoms with Crippen molar-refractivity contribution < 1.29 is 4.79 Å². The van der Waals surface area contributed by atoms with Gasteiger partial charge < -0.3 is 4.90 Å². The third kappa shape index (κ3) is 5.59. The summed E-state index contributed by atoms with van der Waals surface area (Å²) in [6.07, 6.45) is 0.269. The van der Waals surface area contributed by atoms with Gasteiger partial charge in [-0.15, -0.1) is 5.10 Å². The summed E-state index contributed by atoms with van der Waals surface area (Å²) < 4.78 is 0. The molecule has 3 aromatic rings. The number of hydrogen-bond acceptors (Lipinski definition) is 5. The van der Waals surface area contributed by atoms with Crippen molar-refractivity contribution in [3.8, 4) is 17.5 Å². The quantitative estimate of drug-likeness (QED) is 0.550. The average Bonchev–Trinajstić information content (AvgIpc) is 3.15. The Morgan fingerprint density at radius 2 is 1.90 bits per heavy atom. The number of nitrogens with zero attached hydrogens (tertiary/aromatic N) is 4. The minimum atomic E-state index is -0.0897. The van der Waals surface area contributed by atoms with Gasteiger partial charge in [-0.3, -0.25) is 9.89 Å². The minimum Gasteiger partial charge on any atom is -0.311 e. The standard InChI is InChI=1S/C21H20ClN5OS/c1-14-10-15(2)12-18(11-14)27(9-3-8-23)19(28)13-29-21-24-20(25-26-21)16-4-6-17(22)7-5-16/h4-7,10-12H,3,9,13H2,1-2H3,(H,24,25,26). The normalized spacial score (nSPS) is 10.6. The molecule has 1 aromatic heterocycles. The number of nitriles is 1. The van der Waals surface area contributed by atoms with Crippen LogP contribution in [0, 0.1) is 25.2 Å². The average molecular weight is 426 g/mol. The maximum atomic E-state index is 12.9. The van der Waals surface area contributed by atoms with E-state index in [1.54, 1.807) is 17.0 Å². The number of benzene rings is 2. The van der Waals surface area contributed by atoms with E-state index in [2.05, 4.69) is 27.3 Å². The summed E-state index contributed by atoms with van der Waals surface area (Å²) in [4.78, 5) is 19.0. The molecule has 6 nitrogen and oxygen atoms in total. The lowest BCUT2D eigenvalue weighted by atomic mass is 10.1. The molecule has 0 spiro atoms. The number of H-pyrrole nitrogens is 1. The van der Waals surface area contributed by atoms with Crippen molar-refractivity contribution in [2.75, 3.05) is 17.2 Å². The first-order valence-electron chi connectivity index (χ1n) is 9.03. The molecule has 0 atom stereocenters. The second kappa shape index (κ2) is 9.59. The zero-order valence-electron chi connectivity index (χ0n) is 16.1. The number of amides is 1. The molecule has 0 saturated carbocycles. The van der Waals surface area contributed by atoms with Crippen LogP contribution >= 0.6 is 23.4 Å². The van der Waals surface area contributed by atoms with Crippen LogP contribution < -0.4 is 4.90 Å². The van der Waals surface area contributed by atoms with Crippen molar-refractivity contribution in [2.24, 2.45) is 0 Å². The molecule has 0 aliphatic heterocycles. The fourth-order valence-electron chi connectivity index (χ4n) is 2.92. The summed E-state index contributed by atoms with van der Waals surface area (Å²) in [5, 5.41) is 17.2. The van der Waals surface area contributed by atoms with Gasteiger partial charge in [0.15, 0.2) is 5.82 Å². The second-order valence-electron chi connectivity index (χ2n) is 6.56. The molecule has 2 aromatic carbocycles. The van der Waals surface area contributed by atoms with Crippen molar-refractivity contribution in [3.05, 3.63) is 58.6 Å². The van der Waals surface area contributed by atoms with Crippen LogP contribution in [0.3, 0.4) is 0 Å². The van der Waals surface area contributed by atoms with Gasteiger partial charge in [0, 0.05) is 22.8 Å². The molecular formula is C21H20ClN5OS. The number of rotatable bonds is 7. The van der Waals surface area contributed by atoms with E-state index in [1.807, 2.05) is 38.1 Å². The van der Waals surface area contributed by atoms with Crippen LogP contribution in [-0.2, 0) is 4.79 Å². The van der Waals surface area contributed by atoms with E-state index in [0.717, 1.165) is 22.4 Å². The van der Waals surface area contributed by atoms with Gasteiger partial charge in [0.1, 0.15) is 0 Å². The van der Waals surface area contributed by atoms with Crippen molar-refractivity contribution in [1.82, 2.24) is 15.2 Å². The van der Waals surface area contributed by atoms with Gasteiger partial charge in [0.2, 0.25) is 11.1 Å². The van der Waals surface area contributed by atoms with Crippen LogP contribution in [0.25, 0.3) is 11.4 Å². The SMILES string of the molecule is Cc1cc(C)cc(N(CCC#N)C(=O)CSc2n[nH]c(-c3ccc(Cl)cc3)n2)c1. The van der Waals surface area contributed by atoms with Gasteiger partial charge in [0.25, 0.3) is 0 Å².